The third-order valence-electron chi connectivity index (χ3n) is 2.25. The van der Waals surface area contributed by atoms with Gasteiger partial charge in [-0.1, -0.05) is 11.8 Å². The lowest BCUT2D eigenvalue weighted by Crippen LogP contribution is -2.08. The molecule has 0 atom stereocenters. The molecule has 3 nitrogen and oxygen atoms in total. The van der Waals surface area contributed by atoms with Crippen molar-refractivity contribution in [3.8, 4) is 11.8 Å². The molecule has 0 aliphatic heterocycles. The molecule has 5 heteroatoms. The van der Waals surface area contributed by atoms with Gasteiger partial charge >= 0.3 is 0 Å². The lowest BCUT2D eigenvalue weighted by atomic mass is 9.98. The zero-order chi connectivity index (χ0) is 14.1. The molecule has 0 aliphatic carbocycles. The first-order valence-electron chi connectivity index (χ1n) is 5.81. The Labute approximate surface area is 117 Å². The highest BCUT2D eigenvalue weighted by Gasteiger charge is 2.17. The Morgan fingerprint density at radius 2 is 1.79 bits per heavy atom. The normalized spacial score (nSPS) is 11.9. The fourth-order valence-electron chi connectivity index (χ4n) is 1.36. The smallest absolute Gasteiger partial charge is 0.248 e. The summed E-state index contributed by atoms with van der Waals surface area (Å²) in [4.78, 5) is 0.764. The van der Waals surface area contributed by atoms with Crippen LogP contribution in [0.15, 0.2) is 40.9 Å². The zero-order valence-electron chi connectivity index (χ0n) is 11.0. The van der Waals surface area contributed by atoms with Crippen molar-refractivity contribution in [1.82, 2.24) is 3.97 Å². The molecule has 0 spiro atoms. The number of rotatable bonds is 2. The number of hydrogen-bond acceptors (Lipinski definition) is 3. The van der Waals surface area contributed by atoms with Crippen molar-refractivity contribution < 1.29 is 8.42 Å². The van der Waals surface area contributed by atoms with Crippen molar-refractivity contribution in [2.24, 2.45) is 5.41 Å². The van der Waals surface area contributed by atoms with Gasteiger partial charge in [0.25, 0.3) is 10.0 Å². The predicted molar refractivity (Wildman–Crippen MR) is 77.7 cm³/mol. The molecule has 0 fully saturated rings. The van der Waals surface area contributed by atoms with Gasteiger partial charge in [-0.25, -0.2) is 3.97 Å². The van der Waals surface area contributed by atoms with Crippen molar-refractivity contribution in [3.63, 3.8) is 0 Å². The lowest BCUT2D eigenvalue weighted by Gasteiger charge is -2.06. The van der Waals surface area contributed by atoms with Crippen molar-refractivity contribution in [2.75, 3.05) is 0 Å². The van der Waals surface area contributed by atoms with Gasteiger partial charge in [-0.2, -0.15) is 8.42 Å². The standard InChI is InChI=1S/C14H15NO2S2/c1-14(2,3)9-8-12-6-7-13(18-12)19(16,17)15-10-4-5-11-15/h4-7,10-11H,1-3H3. The number of aromatic nitrogens is 1. The molecule has 2 aromatic heterocycles. The van der Waals surface area contributed by atoms with Crippen LogP contribution in [0.1, 0.15) is 25.6 Å². The van der Waals surface area contributed by atoms with E-state index in [0.29, 0.717) is 4.21 Å². The maximum atomic E-state index is 12.2. The maximum absolute atomic E-state index is 12.2. The summed E-state index contributed by atoms with van der Waals surface area (Å²) in [5.74, 6) is 6.11. The SMILES string of the molecule is CC(C)(C)C#Cc1ccc(S(=O)(=O)n2cccc2)s1. The van der Waals surface area contributed by atoms with Gasteiger partial charge in [0.05, 0.1) is 4.88 Å². The Morgan fingerprint density at radius 1 is 1.16 bits per heavy atom. The minimum absolute atomic E-state index is 0.0938. The number of thiophene rings is 1. The Hall–Kier alpha value is -1.51. The topological polar surface area (TPSA) is 39.1 Å². The van der Waals surface area contributed by atoms with Crippen molar-refractivity contribution in [3.05, 3.63) is 41.5 Å². The summed E-state index contributed by atoms with van der Waals surface area (Å²) in [6.07, 6.45) is 3.05. The number of nitrogens with zero attached hydrogens (tertiary/aromatic N) is 1. The highest BCUT2D eigenvalue weighted by molar-refractivity contribution is 7.92. The molecule has 19 heavy (non-hydrogen) atoms. The molecule has 0 amide bonds. The fraction of sp³-hybridized carbons (Fsp3) is 0.286. The summed E-state index contributed by atoms with van der Waals surface area (Å²) in [6.45, 7) is 6.06. The summed E-state index contributed by atoms with van der Waals surface area (Å²) < 4.78 is 26.0. The van der Waals surface area contributed by atoms with Crippen LogP contribution in [0.5, 0.6) is 0 Å². The summed E-state index contributed by atoms with van der Waals surface area (Å²) in [5.41, 5.74) is -0.0938. The average Bonchev–Trinajstić information content (AvgIpc) is 2.97. The van der Waals surface area contributed by atoms with Crippen LogP contribution in [0.2, 0.25) is 0 Å². The summed E-state index contributed by atoms with van der Waals surface area (Å²) in [6, 6.07) is 6.73. The highest BCUT2D eigenvalue weighted by atomic mass is 32.2. The first-order chi connectivity index (χ1) is 8.79. The summed E-state index contributed by atoms with van der Waals surface area (Å²) >= 11 is 1.20. The molecule has 0 unspecified atom stereocenters. The molecule has 0 aliphatic rings. The third-order valence-corrected chi connectivity index (χ3v) is 5.37. The van der Waals surface area contributed by atoms with E-state index in [-0.39, 0.29) is 5.41 Å². The first kappa shape index (κ1) is 13.9. The zero-order valence-corrected chi connectivity index (χ0v) is 12.7. The van der Waals surface area contributed by atoms with Gasteiger partial charge in [0.15, 0.2) is 0 Å². The Morgan fingerprint density at radius 3 is 2.37 bits per heavy atom. The molecule has 0 aromatic carbocycles. The Bertz CT molecular complexity index is 720. The second-order valence-corrected chi connectivity index (χ2v) is 8.29. The molecule has 2 aromatic rings. The van der Waals surface area contributed by atoms with Gasteiger partial charge in [-0.05, 0) is 45.0 Å². The highest BCUT2D eigenvalue weighted by Crippen LogP contribution is 2.23. The lowest BCUT2D eigenvalue weighted by molar-refractivity contribution is 0.571. The largest absolute Gasteiger partial charge is 0.277 e. The molecular formula is C14H15NO2S2. The molecular weight excluding hydrogens is 278 g/mol. The second-order valence-electron chi connectivity index (χ2n) is 5.14. The average molecular weight is 293 g/mol. The maximum Gasteiger partial charge on any atom is 0.277 e. The van der Waals surface area contributed by atoms with E-state index in [0.717, 1.165) is 4.88 Å². The van der Waals surface area contributed by atoms with E-state index >= 15 is 0 Å². The van der Waals surface area contributed by atoms with Gasteiger partial charge < -0.3 is 0 Å². The molecule has 0 N–H and O–H groups in total. The molecule has 2 rings (SSSR count). The van der Waals surface area contributed by atoms with Gasteiger partial charge in [0, 0.05) is 17.8 Å². The Balaban J connectivity index is 2.34. The Kier molecular flexibility index (Phi) is 3.57. The molecule has 0 saturated heterocycles. The quantitative estimate of drug-likeness (QED) is 0.798. The van der Waals surface area contributed by atoms with Crippen LogP contribution in [0, 0.1) is 17.3 Å². The number of hydrogen-bond donors (Lipinski definition) is 0. The van der Waals surface area contributed by atoms with E-state index in [9.17, 15) is 8.42 Å². The molecule has 0 radical (unpaired) electrons. The second kappa shape index (κ2) is 4.87. The molecule has 100 valence electrons. The van der Waals surface area contributed by atoms with E-state index < -0.39 is 10.0 Å². The summed E-state index contributed by atoms with van der Waals surface area (Å²) in [5, 5.41) is 0. The minimum Gasteiger partial charge on any atom is -0.248 e. The van der Waals surface area contributed by atoms with E-state index in [1.165, 1.54) is 27.7 Å². The first-order valence-corrected chi connectivity index (χ1v) is 8.06. The van der Waals surface area contributed by atoms with E-state index in [2.05, 4.69) is 11.8 Å². The van der Waals surface area contributed by atoms with Crippen molar-refractivity contribution in [2.45, 2.75) is 25.0 Å². The third kappa shape index (κ3) is 3.28. The van der Waals surface area contributed by atoms with E-state index in [1.54, 1.807) is 24.3 Å². The van der Waals surface area contributed by atoms with Crippen LogP contribution in [-0.4, -0.2) is 12.4 Å². The van der Waals surface area contributed by atoms with Crippen LogP contribution in [0.4, 0.5) is 0 Å². The van der Waals surface area contributed by atoms with Crippen molar-refractivity contribution in [1.29, 1.82) is 0 Å². The van der Waals surface area contributed by atoms with Crippen LogP contribution >= 0.6 is 11.3 Å². The fourth-order valence-corrected chi connectivity index (χ4v) is 3.81. The van der Waals surface area contributed by atoms with E-state index in [1.807, 2.05) is 20.8 Å². The minimum atomic E-state index is -3.46. The van der Waals surface area contributed by atoms with Crippen LogP contribution in [-0.2, 0) is 10.0 Å². The van der Waals surface area contributed by atoms with Crippen LogP contribution < -0.4 is 0 Å². The van der Waals surface area contributed by atoms with Gasteiger partial charge in [-0.3, -0.25) is 0 Å². The monoisotopic (exact) mass is 293 g/mol. The van der Waals surface area contributed by atoms with Crippen LogP contribution in [0.25, 0.3) is 0 Å². The predicted octanol–water partition coefficient (Wildman–Crippen LogP) is 3.18. The van der Waals surface area contributed by atoms with Gasteiger partial charge in [0.2, 0.25) is 0 Å². The van der Waals surface area contributed by atoms with Crippen molar-refractivity contribution >= 4 is 21.4 Å². The molecule has 2 heterocycles. The van der Waals surface area contributed by atoms with Gasteiger partial charge in [-0.15, -0.1) is 11.3 Å². The molecule has 0 saturated carbocycles. The van der Waals surface area contributed by atoms with Gasteiger partial charge in [0.1, 0.15) is 4.21 Å². The summed E-state index contributed by atoms with van der Waals surface area (Å²) in [7, 11) is -3.46. The molecule has 0 bridgehead atoms. The van der Waals surface area contributed by atoms with E-state index in [4.69, 9.17) is 0 Å². The van der Waals surface area contributed by atoms with Crippen LogP contribution in [0.3, 0.4) is 0 Å².